The Morgan fingerprint density at radius 2 is 2.21 bits per heavy atom. The van der Waals surface area contributed by atoms with E-state index in [1.54, 1.807) is 19.1 Å². The van der Waals surface area contributed by atoms with E-state index in [1.165, 1.54) is 6.07 Å². The Morgan fingerprint density at radius 3 is 2.79 bits per heavy atom. The molecule has 0 heterocycles. The van der Waals surface area contributed by atoms with E-state index in [9.17, 15) is 9.90 Å². The first-order chi connectivity index (χ1) is 6.50. The number of phenols is 1. The zero-order chi connectivity index (χ0) is 10.7. The van der Waals surface area contributed by atoms with E-state index in [2.05, 4.69) is 0 Å². The largest absolute Gasteiger partial charge is 0.508 e. The van der Waals surface area contributed by atoms with Gasteiger partial charge in [-0.05, 0) is 29.7 Å². The van der Waals surface area contributed by atoms with Crippen LogP contribution in [0.3, 0.4) is 0 Å². The number of halogens is 1. The molecule has 0 bridgehead atoms. The minimum atomic E-state index is -0.892. The fraction of sp³-hybridized carbons (Fsp3) is 0.300. The third-order valence-electron chi connectivity index (χ3n) is 2.00. The van der Waals surface area contributed by atoms with Crippen LogP contribution < -0.4 is 0 Å². The number of rotatable bonds is 3. The lowest BCUT2D eigenvalue weighted by Crippen LogP contribution is -2.03. The van der Waals surface area contributed by atoms with Crippen LogP contribution >= 0.6 is 11.6 Å². The van der Waals surface area contributed by atoms with Crippen molar-refractivity contribution in [3.8, 4) is 5.75 Å². The summed E-state index contributed by atoms with van der Waals surface area (Å²) in [6.45, 7) is 1.74. The predicted octanol–water partition coefficient (Wildman–Crippen LogP) is 2.62. The topological polar surface area (TPSA) is 57.5 Å². The van der Waals surface area contributed by atoms with Gasteiger partial charge in [0.25, 0.3) is 0 Å². The summed E-state index contributed by atoms with van der Waals surface area (Å²) in [4.78, 5) is 10.5. The van der Waals surface area contributed by atoms with Gasteiger partial charge in [0, 0.05) is 5.02 Å². The van der Waals surface area contributed by atoms with Gasteiger partial charge in [0.2, 0.25) is 0 Å². The lowest BCUT2D eigenvalue weighted by molar-refractivity contribution is -0.137. The highest BCUT2D eigenvalue weighted by Crippen LogP contribution is 2.30. The Balaban J connectivity index is 2.93. The van der Waals surface area contributed by atoms with Crippen molar-refractivity contribution in [1.82, 2.24) is 0 Å². The zero-order valence-corrected chi connectivity index (χ0v) is 8.45. The molecule has 0 aliphatic rings. The van der Waals surface area contributed by atoms with E-state index >= 15 is 0 Å². The molecule has 0 aromatic heterocycles. The number of phenolic OH excluding ortho intramolecular Hbond substituents is 1. The van der Waals surface area contributed by atoms with Crippen LogP contribution in [0.2, 0.25) is 5.02 Å². The van der Waals surface area contributed by atoms with E-state index in [4.69, 9.17) is 16.7 Å². The first-order valence-corrected chi connectivity index (χ1v) is 4.58. The van der Waals surface area contributed by atoms with E-state index in [-0.39, 0.29) is 18.1 Å². The molecule has 1 atom stereocenters. The first kappa shape index (κ1) is 10.9. The minimum absolute atomic E-state index is 0.0199. The lowest BCUT2D eigenvalue weighted by atomic mass is 9.97. The number of aromatic hydroxyl groups is 1. The fourth-order valence-corrected chi connectivity index (χ4v) is 1.47. The maximum atomic E-state index is 10.5. The molecular formula is C10H11ClO3. The molecule has 0 saturated heterocycles. The van der Waals surface area contributed by atoms with Gasteiger partial charge in [0.1, 0.15) is 5.75 Å². The van der Waals surface area contributed by atoms with Crippen LogP contribution in [0.15, 0.2) is 18.2 Å². The van der Waals surface area contributed by atoms with Gasteiger partial charge in [-0.1, -0.05) is 18.5 Å². The van der Waals surface area contributed by atoms with Gasteiger partial charge < -0.3 is 10.2 Å². The Labute approximate surface area is 86.9 Å². The molecule has 3 nitrogen and oxygen atoms in total. The van der Waals surface area contributed by atoms with Gasteiger partial charge in [0.05, 0.1) is 6.42 Å². The zero-order valence-electron chi connectivity index (χ0n) is 7.70. The minimum Gasteiger partial charge on any atom is -0.508 e. The van der Waals surface area contributed by atoms with Crippen molar-refractivity contribution >= 4 is 17.6 Å². The number of hydrogen-bond acceptors (Lipinski definition) is 2. The van der Waals surface area contributed by atoms with Crippen molar-refractivity contribution in [3.63, 3.8) is 0 Å². The van der Waals surface area contributed by atoms with Crippen LogP contribution in [0, 0.1) is 0 Å². The molecule has 1 aromatic rings. The third-order valence-corrected chi connectivity index (χ3v) is 2.24. The first-order valence-electron chi connectivity index (χ1n) is 4.21. The van der Waals surface area contributed by atoms with Gasteiger partial charge in [-0.25, -0.2) is 0 Å². The summed E-state index contributed by atoms with van der Waals surface area (Å²) in [5, 5.41) is 18.6. The maximum Gasteiger partial charge on any atom is 0.303 e. The normalized spacial score (nSPS) is 12.4. The second-order valence-corrected chi connectivity index (χ2v) is 3.64. The van der Waals surface area contributed by atoms with Crippen molar-refractivity contribution < 1.29 is 15.0 Å². The smallest absolute Gasteiger partial charge is 0.303 e. The van der Waals surface area contributed by atoms with Gasteiger partial charge in [-0.2, -0.15) is 0 Å². The predicted molar refractivity (Wildman–Crippen MR) is 53.8 cm³/mol. The van der Waals surface area contributed by atoms with E-state index in [1.807, 2.05) is 0 Å². The lowest BCUT2D eigenvalue weighted by Gasteiger charge is -2.11. The third kappa shape index (κ3) is 2.64. The van der Waals surface area contributed by atoms with Gasteiger partial charge >= 0.3 is 5.97 Å². The van der Waals surface area contributed by atoms with Crippen molar-refractivity contribution in [2.24, 2.45) is 0 Å². The molecule has 1 unspecified atom stereocenters. The molecule has 2 N–H and O–H groups in total. The standard InChI is InChI=1S/C10H11ClO3/c1-6(4-10(13)14)8-5-7(11)2-3-9(8)12/h2-3,5-6,12H,4H2,1H3,(H,13,14). The average molecular weight is 215 g/mol. The molecule has 0 aliphatic carbocycles. The molecule has 0 radical (unpaired) electrons. The summed E-state index contributed by atoms with van der Waals surface area (Å²) in [5.41, 5.74) is 0.569. The van der Waals surface area contributed by atoms with Crippen LogP contribution in [0.25, 0.3) is 0 Å². The van der Waals surface area contributed by atoms with Gasteiger partial charge in [-0.3, -0.25) is 4.79 Å². The number of carboxylic acids is 1. The molecule has 1 aromatic carbocycles. The Bertz CT molecular complexity index is 349. The summed E-state index contributed by atoms with van der Waals surface area (Å²) in [7, 11) is 0. The Morgan fingerprint density at radius 1 is 1.57 bits per heavy atom. The number of carboxylic acid groups (broad SMARTS) is 1. The number of hydrogen-bond donors (Lipinski definition) is 2. The Kier molecular flexibility index (Phi) is 3.36. The van der Waals surface area contributed by atoms with Crippen LogP contribution in [0.4, 0.5) is 0 Å². The van der Waals surface area contributed by atoms with Crippen molar-refractivity contribution in [3.05, 3.63) is 28.8 Å². The molecule has 1 rings (SSSR count). The van der Waals surface area contributed by atoms with Gasteiger partial charge in [-0.15, -0.1) is 0 Å². The highest BCUT2D eigenvalue weighted by molar-refractivity contribution is 6.30. The van der Waals surface area contributed by atoms with Crippen molar-refractivity contribution in [2.75, 3.05) is 0 Å². The summed E-state index contributed by atoms with van der Waals surface area (Å²) in [6, 6.07) is 4.62. The molecule has 0 spiro atoms. The molecule has 0 fully saturated rings. The molecule has 14 heavy (non-hydrogen) atoms. The molecule has 76 valence electrons. The highest BCUT2D eigenvalue weighted by atomic mass is 35.5. The summed E-state index contributed by atoms with van der Waals surface area (Å²) in [6.07, 6.45) is -0.0199. The summed E-state index contributed by atoms with van der Waals surface area (Å²) in [5.74, 6) is -1.05. The van der Waals surface area contributed by atoms with Crippen LogP contribution in [-0.4, -0.2) is 16.2 Å². The highest BCUT2D eigenvalue weighted by Gasteiger charge is 2.14. The number of carbonyl (C=O) groups is 1. The average Bonchev–Trinajstić information content (AvgIpc) is 2.08. The van der Waals surface area contributed by atoms with Crippen LogP contribution in [0.1, 0.15) is 24.8 Å². The monoisotopic (exact) mass is 214 g/mol. The quantitative estimate of drug-likeness (QED) is 0.813. The second-order valence-electron chi connectivity index (χ2n) is 3.20. The van der Waals surface area contributed by atoms with Crippen molar-refractivity contribution in [2.45, 2.75) is 19.3 Å². The molecular weight excluding hydrogens is 204 g/mol. The molecule has 0 aliphatic heterocycles. The number of benzene rings is 1. The SMILES string of the molecule is CC(CC(=O)O)c1cc(Cl)ccc1O. The summed E-state index contributed by atoms with van der Waals surface area (Å²) < 4.78 is 0. The second kappa shape index (κ2) is 4.33. The van der Waals surface area contributed by atoms with E-state index < -0.39 is 5.97 Å². The Hall–Kier alpha value is -1.22. The molecule has 4 heteroatoms. The van der Waals surface area contributed by atoms with Crippen LogP contribution in [-0.2, 0) is 4.79 Å². The van der Waals surface area contributed by atoms with Crippen LogP contribution in [0.5, 0.6) is 5.75 Å². The van der Waals surface area contributed by atoms with Crippen molar-refractivity contribution in [1.29, 1.82) is 0 Å². The molecule has 0 saturated carbocycles. The fourth-order valence-electron chi connectivity index (χ4n) is 1.29. The summed E-state index contributed by atoms with van der Waals surface area (Å²) >= 11 is 5.74. The maximum absolute atomic E-state index is 10.5. The van der Waals surface area contributed by atoms with E-state index in [0.29, 0.717) is 10.6 Å². The van der Waals surface area contributed by atoms with Gasteiger partial charge in [0.15, 0.2) is 0 Å². The molecule has 0 amide bonds. The van der Waals surface area contributed by atoms with E-state index in [0.717, 1.165) is 0 Å². The number of aliphatic carboxylic acids is 1.